The van der Waals surface area contributed by atoms with Crippen LogP contribution in [0.25, 0.3) is 5.57 Å². The molecule has 1 amide bonds. The van der Waals surface area contributed by atoms with E-state index in [1.54, 1.807) is 0 Å². The van der Waals surface area contributed by atoms with Gasteiger partial charge in [-0.05, 0) is 47.2 Å². The summed E-state index contributed by atoms with van der Waals surface area (Å²) in [5, 5.41) is 2.59. The van der Waals surface area contributed by atoms with Crippen LogP contribution in [0.2, 0.25) is 0 Å². The maximum Gasteiger partial charge on any atom is 0.416 e. The van der Waals surface area contributed by atoms with E-state index < -0.39 is 17.6 Å². The maximum absolute atomic E-state index is 12.8. The summed E-state index contributed by atoms with van der Waals surface area (Å²) in [6.45, 7) is 0.398. The molecule has 3 aromatic rings. The summed E-state index contributed by atoms with van der Waals surface area (Å²) in [5.41, 5.74) is 3.22. The predicted octanol–water partition coefficient (Wildman–Crippen LogP) is 4.89. The molecular weight excluding hydrogens is 425 g/mol. The number of nitrogens with one attached hydrogen (secondary N) is 1. The Labute approximate surface area is 180 Å². The lowest BCUT2D eigenvalue weighted by atomic mass is 10.0. The average molecular weight is 444 g/mol. The molecule has 0 unspecified atom stereocenters. The molecular formula is C23H19F3N2O2S. The smallest absolute Gasteiger partial charge is 0.347 e. The Balaban J connectivity index is 1.38. The maximum atomic E-state index is 12.8. The van der Waals surface area contributed by atoms with Crippen LogP contribution < -0.4 is 10.2 Å². The Morgan fingerprint density at radius 2 is 1.94 bits per heavy atom. The molecule has 1 N–H and O–H groups in total. The van der Waals surface area contributed by atoms with Crippen LogP contribution in [0, 0.1) is 0 Å². The summed E-state index contributed by atoms with van der Waals surface area (Å²) in [6, 6.07) is 12.9. The zero-order valence-corrected chi connectivity index (χ0v) is 17.2. The lowest BCUT2D eigenvalue weighted by molar-refractivity contribution is -0.137. The van der Waals surface area contributed by atoms with Crippen molar-refractivity contribution >= 4 is 22.8 Å². The normalized spacial score (nSPS) is 13.1. The van der Waals surface area contributed by atoms with Gasteiger partial charge in [0.05, 0.1) is 5.56 Å². The number of benzene rings is 2. The minimum absolute atomic E-state index is 0.0570. The monoisotopic (exact) mass is 444 g/mol. The highest BCUT2D eigenvalue weighted by Gasteiger charge is 2.30. The third-order valence-electron chi connectivity index (χ3n) is 5.19. The number of hydrogen-bond acceptors (Lipinski definition) is 3. The van der Waals surface area contributed by atoms with E-state index in [-0.39, 0.29) is 16.3 Å². The largest absolute Gasteiger partial charge is 0.416 e. The second kappa shape index (κ2) is 8.55. The number of rotatable bonds is 6. The van der Waals surface area contributed by atoms with Crippen LogP contribution in [-0.4, -0.2) is 10.5 Å². The first-order chi connectivity index (χ1) is 14.8. The number of carbonyl (C=O) groups is 1. The van der Waals surface area contributed by atoms with Gasteiger partial charge in [-0.25, -0.2) is 0 Å². The van der Waals surface area contributed by atoms with E-state index in [1.165, 1.54) is 39.6 Å². The van der Waals surface area contributed by atoms with Crippen LogP contribution in [-0.2, 0) is 25.7 Å². The quantitative estimate of drug-likeness (QED) is 0.589. The van der Waals surface area contributed by atoms with E-state index in [4.69, 9.17) is 0 Å². The fourth-order valence-corrected chi connectivity index (χ4v) is 4.39. The Morgan fingerprint density at radius 1 is 1.13 bits per heavy atom. The molecule has 4 nitrogen and oxygen atoms in total. The van der Waals surface area contributed by atoms with Gasteiger partial charge in [-0.15, -0.1) is 0 Å². The van der Waals surface area contributed by atoms with Crippen molar-refractivity contribution in [2.24, 2.45) is 0 Å². The molecule has 1 aromatic heterocycles. The Kier molecular flexibility index (Phi) is 5.82. The zero-order chi connectivity index (χ0) is 22.0. The van der Waals surface area contributed by atoms with Crippen molar-refractivity contribution in [3.05, 3.63) is 97.6 Å². The molecule has 0 atom stereocenters. The molecule has 31 heavy (non-hydrogen) atoms. The lowest BCUT2D eigenvalue weighted by Gasteiger charge is -2.09. The number of allylic oxidation sites excluding steroid dienone is 2. The number of hydrogen-bond donors (Lipinski definition) is 1. The van der Waals surface area contributed by atoms with Gasteiger partial charge in [-0.2, -0.15) is 13.2 Å². The van der Waals surface area contributed by atoms with Crippen LogP contribution in [0.4, 0.5) is 13.2 Å². The van der Waals surface area contributed by atoms with Crippen molar-refractivity contribution in [3.8, 4) is 0 Å². The number of aryl methyl sites for hydroxylation is 1. The summed E-state index contributed by atoms with van der Waals surface area (Å²) >= 11 is 0.829. The third-order valence-corrected chi connectivity index (χ3v) is 6.11. The second-order valence-electron chi connectivity index (χ2n) is 7.28. The number of amides is 1. The van der Waals surface area contributed by atoms with E-state index >= 15 is 0 Å². The van der Waals surface area contributed by atoms with E-state index in [9.17, 15) is 22.8 Å². The van der Waals surface area contributed by atoms with Crippen LogP contribution in [0.1, 0.15) is 38.3 Å². The summed E-state index contributed by atoms with van der Waals surface area (Å²) in [5.74, 6) is -0.483. The Morgan fingerprint density at radius 3 is 2.74 bits per heavy atom. The topological polar surface area (TPSA) is 51.1 Å². The summed E-state index contributed by atoms with van der Waals surface area (Å²) in [7, 11) is 0. The first kappa shape index (κ1) is 21.1. The van der Waals surface area contributed by atoms with Crippen molar-refractivity contribution in [3.63, 3.8) is 0 Å². The number of aromatic nitrogens is 1. The van der Waals surface area contributed by atoms with Crippen molar-refractivity contribution < 1.29 is 18.0 Å². The van der Waals surface area contributed by atoms with Crippen molar-refractivity contribution in [2.45, 2.75) is 32.1 Å². The van der Waals surface area contributed by atoms with Gasteiger partial charge in [-0.1, -0.05) is 53.8 Å². The van der Waals surface area contributed by atoms with Crippen LogP contribution >= 0.6 is 11.3 Å². The van der Waals surface area contributed by atoms with Gasteiger partial charge in [0.25, 0.3) is 5.91 Å². The molecule has 0 fully saturated rings. The number of fused-ring (bicyclic) bond motifs is 1. The standard InChI is InChI=1S/C23H19F3N2O2S/c24-23(25,26)18-6-3-4-15(12-18)13-27-21(29)20-14-28(22(30)31-20)11-10-17-9-8-16-5-1-2-7-19(16)17/h1-7,9,12,14H,8,10-11,13H2,(H,27,29). The zero-order valence-electron chi connectivity index (χ0n) is 16.4. The number of alkyl halides is 3. The third kappa shape index (κ3) is 4.80. The van der Waals surface area contributed by atoms with Crippen LogP contribution in [0.3, 0.4) is 0 Å². The average Bonchev–Trinajstić information content (AvgIpc) is 3.33. The van der Waals surface area contributed by atoms with Gasteiger partial charge in [0.1, 0.15) is 4.88 Å². The summed E-state index contributed by atoms with van der Waals surface area (Å²) in [4.78, 5) is 24.7. The second-order valence-corrected chi connectivity index (χ2v) is 8.27. The van der Waals surface area contributed by atoms with E-state index in [2.05, 4.69) is 23.5 Å². The number of nitrogens with zero attached hydrogens (tertiary/aromatic N) is 1. The van der Waals surface area contributed by atoms with Gasteiger partial charge in [-0.3, -0.25) is 9.59 Å². The van der Waals surface area contributed by atoms with Gasteiger partial charge >= 0.3 is 11.0 Å². The van der Waals surface area contributed by atoms with Crippen molar-refractivity contribution in [1.29, 1.82) is 0 Å². The number of carbonyl (C=O) groups excluding carboxylic acids is 1. The molecule has 160 valence electrons. The molecule has 0 saturated carbocycles. The molecule has 8 heteroatoms. The first-order valence-corrected chi connectivity index (χ1v) is 10.5. The first-order valence-electron chi connectivity index (χ1n) is 9.73. The number of halogens is 3. The van der Waals surface area contributed by atoms with Crippen molar-refractivity contribution in [2.75, 3.05) is 0 Å². The highest BCUT2D eigenvalue weighted by Crippen LogP contribution is 2.30. The van der Waals surface area contributed by atoms with E-state index in [0.717, 1.165) is 29.9 Å². The molecule has 0 spiro atoms. The molecule has 0 bridgehead atoms. The molecule has 1 aliphatic carbocycles. The molecule has 1 aliphatic rings. The van der Waals surface area contributed by atoms with E-state index in [1.807, 2.05) is 12.1 Å². The minimum atomic E-state index is -4.44. The Bertz CT molecular complexity index is 1210. The highest BCUT2D eigenvalue weighted by atomic mass is 32.1. The summed E-state index contributed by atoms with van der Waals surface area (Å²) in [6.07, 6.45) is 0.791. The fourth-order valence-electron chi connectivity index (χ4n) is 3.59. The Hall–Kier alpha value is -3.13. The predicted molar refractivity (Wildman–Crippen MR) is 114 cm³/mol. The molecule has 0 aliphatic heterocycles. The molecule has 4 rings (SSSR count). The molecule has 0 saturated heterocycles. The highest BCUT2D eigenvalue weighted by molar-refractivity contribution is 7.11. The molecule has 1 heterocycles. The van der Waals surface area contributed by atoms with Gasteiger partial charge in [0.15, 0.2) is 0 Å². The van der Waals surface area contributed by atoms with E-state index in [0.29, 0.717) is 18.5 Å². The fraction of sp³-hybridized carbons (Fsp3) is 0.217. The van der Waals surface area contributed by atoms with Crippen LogP contribution in [0.15, 0.2) is 65.6 Å². The van der Waals surface area contributed by atoms with Crippen molar-refractivity contribution in [1.82, 2.24) is 9.88 Å². The minimum Gasteiger partial charge on any atom is -0.347 e. The van der Waals surface area contributed by atoms with Crippen LogP contribution in [0.5, 0.6) is 0 Å². The lowest BCUT2D eigenvalue weighted by Crippen LogP contribution is -2.22. The van der Waals surface area contributed by atoms with Gasteiger partial charge in [0, 0.05) is 19.3 Å². The SMILES string of the molecule is O=C(NCc1cccc(C(F)(F)F)c1)c1cn(CCC2=CCc3ccccc32)c(=O)s1. The van der Waals surface area contributed by atoms with Gasteiger partial charge in [0.2, 0.25) is 0 Å². The number of thiazole rings is 1. The molecule has 0 radical (unpaired) electrons. The molecule has 2 aromatic carbocycles. The van der Waals surface area contributed by atoms with Gasteiger partial charge < -0.3 is 9.88 Å². The summed E-state index contributed by atoms with van der Waals surface area (Å²) < 4.78 is 40.0.